The van der Waals surface area contributed by atoms with Gasteiger partial charge in [-0.25, -0.2) is 0 Å². The Kier molecular flexibility index (Phi) is 2.37. The molecule has 1 aliphatic carbocycles. The third-order valence-corrected chi connectivity index (χ3v) is 2.91. The van der Waals surface area contributed by atoms with Crippen LogP contribution in [-0.2, 0) is 23.1 Å². The van der Waals surface area contributed by atoms with Crippen molar-refractivity contribution in [3.8, 4) is 0 Å². The van der Waals surface area contributed by atoms with Crippen LogP contribution in [-0.4, -0.2) is 10.8 Å². The summed E-state index contributed by atoms with van der Waals surface area (Å²) in [5.41, 5.74) is 3.58. The Morgan fingerprint density at radius 1 is 1.20 bits per heavy atom. The van der Waals surface area contributed by atoms with Gasteiger partial charge in [0.05, 0.1) is 0 Å². The van der Waals surface area contributed by atoms with E-state index in [0.717, 1.165) is 12.1 Å². The highest BCUT2D eigenvalue weighted by atomic mass is 16.1. The number of hydrogen-bond donors (Lipinski definition) is 0. The Morgan fingerprint density at radius 3 is 2.60 bits per heavy atom. The number of ketones is 1. The molecule has 0 amide bonds. The van der Waals surface area contributed by atoms with E-state index in [1.807, 2.05) is 6.20 Å². The number of nitrogens with zero attached hydrogens (tertiary/aromatic N) is 1. The highest BCUT2D eigenvalue weighted by Gasteiger charge is 2.20. The van der Waals surface area contributed by atoms with E-state index in [1.54, 1.807) is 0 Å². The molecule has 0 saturated heterocycles. The summed E-state index contributed by atoms with van der Waals surface area (Å²) in [5.74, 6) is 0.355. The summed E-state index contributed by atoms with van der Waals surface area (Å²) >= 11 is 0. The predicted molar refractivity (Wildman–Crippen MR) is 60.0 cm³/mol. The van der Waals surface area contributed by atoms with E-state index >= 15 is 0 Å². The van der Waals surface area contributed by atoms with E-state index in [4.69, 9.17) is 0 Å². The summed E-state index contributed by atoms with van der Waals surface area (Å²) in [6.07, 6.45) is 4.10. The number of fused-ring (bicyclic) bond motifs is 1. The lowest BCUT2D eigenvalue weighted by atomic mass is 9.86. The van der Waals surface area contributed by atoms with Crippen LogP contribution in [0.1, 0.15) is 44.0 Å². The maximum atomic E-state index is 11.4. The second-order valence-electron chi connectivity index (χ2n) is 5.30. The van der Waals surface area contributed by atoms with Gasteiger partial charge < -0.3 is 0 Å². The number of aromatic nitrogens is 1. The van der Waals surface area contributed by atoms with Gasteiger partial charge in [0, 0.05) is 30.1 Å². The average Bonchev–Trinajstić information content (AvgIpc) is 2.15. The molecule has 0 atom stereocenters. The molecular weight excluding hydrogens is 186 g/mol. The molecule has 15 heavy (non-hydrogen) atoms. The number of aryl methyl sites for hydroxylation is 1. The van der Waals surface area contributed by atoms with Gasteiger partial charge >= 0.3 is 0 Å². The third kappa shape index (κ3) is 2.09. The molecule has 1 aromatic heterocycles. The number of Topliss-reactive ketones (excluding diaryl/α,β-unsaturated/α-hetero) is 1. The second-order valence-corrected chi connectivity index (χ2v) is 5.30. The first-order chi connectivity index (χ1) is 6.97. The van der Waals surface area contributed by atoms with Gasteiger partial charge in [-0.15, -0.1) is 0 Å². The SMILES string of the molecule is CC(C)(C)c1cc2c(cn1)CCC(=O)C2. The highest BCUT2D eigenvalue weighted by molar-refractivity contribution is 5.83. The summed E-state index contributed by atoms with van der Waals surface area (Å²) in [7, 11) is 0. The molecular formula is C13H17NO. The Hall–Kier alpha value is -1.18. The van der Waals surface area contributed by atoms with E-state index < -0.39 is 0 Å². The van der Waals surface area contributed by atoms with Crippen molar-refractivity contribution in [3.63, 3.8) is 0 Å². The van der Waals surface area contributed by atoms with Gasteiger partial charge in [0.15, 0.2) is 0 Å². The minimum absolute atomic E-state index is 0.0650. The molecule has 0 N–H and O–H groups in total. The molecule has 2 heteroatoms. The minimum Gasteiger partial charge on any atom is -0.299 e. The van der Waals surface area contributed by atoms with Crippen LogP contribution in [0.15, 0.2) is 12.3 Å². The fourth-order valence-corrected chi connectivity index (χ4v) is 1.90. The normalized spacial score (nSPS) is 16.3. The van der Waals surface area contributed by atoms with Crippen LogP contribution in [0.25, 0.3) is 0 Å². The lowest BCUT2D eigenvalue weighted by Crippen LogP contribution is -2.18. The summed E-state index contributed by atoms with van der Waals surface area (Å²) in [6, 6.07) is 2.10. The maximum absolute atomic E-state index is 11.4. The molecule has 0 aliphatic heterocycles. The monoisotopic (exact) mass is 203 g/mol. The fourth-order valence-electron chi connectivity index (χ4n) is 1.90. The van der Waals surface area contributed by atoms with Crippen molar-refractivity contribution in [1.82, 2.24) is 4.98 Å². The molecule has 0 unspecified atom stereocenters. The van der Waals surface area contributed by atoms with Crippen molar-refractivity contribution < 1.29 is 4.79 Å². The summed E-state index contributed by atoms with van der Waals surface area (Å²) < 4.78 is 0. The van der Waals surface area contributed by atoms with Crippen LogP contribution >= 0.6 is 0 Å². The topological polar surface area (TPSA) is 30.0 Å². The molecule has 2 rings (SSSR count). The number of rotatable bonds is 0. The van der Waals surface area contributed by atoms with Gasteiger partial charge in [-0.3, -0.25) is 9.78 Å². The smallest absolute Gasteiger partial charge is 0.137 e. The first kappa shape index (κ1) is 10.3. The lowest BCUT2D eigenvalue weighted by Gasteiger charge is -2.21. The van der Waals surface area contributed by atoms with Crippen LogP contribution in [0.3, 0.4) is 0 Å². The Morgan fingerprint density at radius 2 is 1.93 bits per heavy atom. The van der Waals surface area contributed by atoms with Crippen LogP contribution in [0, 0.1) is 0 Å². The first-order valence-corrected chi connectivity index (χ1v) is 5.47. The molecule has 1 aliphatic rings. The van der Waals surface area contributed by atoms with Crippen molar-refractivity contribution in [2.45, 2.75) is 45.4 Å². The van der Waals surface area contributed by atoms with Gasteiger partial charge in [0.2, 0.25) is 0 Å². The summed E-state index contributed by atoms with van der Waals surface area (Å²) in [6.45, 7) is 6.44. The molecule has 0 spiro atoms. The zero-order chi connectivity index (χ0) is 11.1. The molecule has 0 saturated carbocycles. The quantitative estimate of drug-likeness (QED) is 0.648. The lowest BCUT2D eigenvalue weighted by molar-refractivity contribution is -0.118. The van der Waals surface area contributed by atoms with Crippen LogP contribution in [0.4, 0.5) is 0 Å². The number of carbonyl (C=O) groups excluding carboxylic acids is 1. The number of pyridine rings is 1. The molecule has 1 heterocycles. The molecule has 0 radical (unpaired) electrons. The van der Waals surface area contributed by atoms with Gasteiger partial charge in [0.1, 0.15) is 5.78 Å². The fraction of sp³-hybridized carbons (Fsp3) is 0.538. The van der Waals surface area contributed by atoms with E-state index in [9.17, 15) is 4.79 Å². The van der Waals surface area contributed by atoms with Crippen molar-refractivity contribution in [2.24, 2.45) is 0 Å². The zero-order valence-electron chi connectivity index (χ0n) is 9.63. The van der Waals surface area contributed by atoms with Crippen molar-refractivity contribution in [1.29, 1.82) is 0 Å². The predicted octanol–water partition coefficient (Wildman–Crippen LogP) is 2.44. The van der Waals surface area contributed by atoms with Gasteiger partial charge in [-0.05, 0) is 23.6 Å². The van der Waals surface area contributed by atoms with Crippen molar-refractivity contribution in [2.75, 3.05) is 0 Å². The average molecular weight is 203 g/mol. The molecule has 0 aromatic carbocycles. The minimum atomic E-state index is 0.0650. The largest absolute Gasteiger partial charge is 0.299 e. The Balaban J connectivity index is 2.41. The standard InChI is InChI=1S/C13H17NO/c1-13(2,3)12-7-10-6-11(15)5-4-9(10)8-14-12/h7-8H,4-6H2,1-3H3. The zero-order valence-corrected chi connectivity index (χ0v) is 9.63. The highest BCUT2D eigenvalue weighted by Crippen LogP contribution is 2.25. The van der Waals surface area contributed by atoms with Gasteiger partial charge in [0.25, 0.3) is 0 Å². The second kappa shape index (κ2) is 3.44. The molecule has 0 fully saturated rings. The van der Waals surface area contributed by atoms with E-state index in [2.05, 4.69) is 31.8 Å². The first-order valence-electron chi connectivity index (χ1n) is 5.47. The number of hydrogen-bond acceptors (Lipinski definition) is 2. The third-order valence-electron chi connectivity index (χ3n) is 2.91. The van der Waals surface area contributed by atoms with Gasteiger partial charge in [-0.1, -0.05) is 20.8 Å². The summed E-state index contributed by atoms with van der Waals surface area (Å²) in [5, 5.41) is 0. The van der Waals surface area contributed by atoms with Gasteiger partial charge in [-0.2, -0.15) is 0 Å². The van der Waals surface area contributed by atoms with Crippen LogP contribution in [0.5, 0.6) is 0 Å². The van der Waals surface area contributed by atoms with E-state index in [0.29, 0.717) is 18.6 Å². The van der Waals surface area contributed by atoms with Crippen LogP contribution in [0.2, 0.25) is 0 Å². The molecule has 2 nitrogen and oxygen atoms in total. The Bertz CT molecular complexity index is 401. The van der Waals surface area contributed by atoms with Crippen LogP contribution < -0.4 is 0 Å². The molecule has 1 aromatic rings. The maximum Gasteiger partial charge on any atom is 0.137 e. The molecule has 0 bridgehead atoms. The summed E-state index contributed by atoms with van der Waals surface area (Å²) in [4.78, 5) is 15.8. The van der Waals surface area contributed by atoms with E-state index in [1.165, 1.54) is 11.1 Å². The van der Waals surface area contributed by atoms with E-state index in [-0.39, 0.29) is 5.41 Å². The Labute approximate surface area is 90.7 Å². The molecule has 80 valence electrons. The number of carbonyl (C=O) groups is 1. The van der Waals surface area contributed by atoms with Crippen molar-refractivity contribution in [3.05, 3.63) is 29.1 Å². The van der Waals surface area contributed by atoms with Crippen molar-refractivity contribution >= 4 is 5.78 Å².